The normalized spacial score (nSPS) is 22.9. The van der Waals surface area contributed by atoms with Crippen LogP contribution in [0.4, 0.5) is 0 Å². The van der Waals surface area contributed by atoms with E-state index in [1.807, 2.05) is 0 Å². The highest BCUT2D eigenvalue weighted by atomic mass is 16.5. The van der Waals surface area contributed by atoms with Gasteiger partial charge in [0.1, 0.15) is 24.8 Å². The van der Waals surface area contributed by atoms with Crippen molar-refractivity contribution in [1.82, 2.24) is 13.7 Å². The molecule has 0 aliphatic heterocycles. The first kappa shape index (κ1) is 31.2. The monoisotopic (exact) mass is 565 g/mol. The Hall–Kier alpha value is -3.35. The minimum absolute atomic E-state index is 0.0853. The second-order valence-corrected chi connectivity index (χ2v) is 10.6. The molecule has 0 saturated heterocycles. The first-order chi connectivity index (χ1) is 19.1. The van der Waals surface area contributed by atoms with Crippen LogP contribution in [0.25, 0.3) is 0 Å². The highest BCUT2D eigenvalue weighted by Gasteiger charge is 2.36. The number of aliphatic hydroxyl groups is 1. The smallest absolute Gasteiger partial charge is 0.336 e. The molecule has 40 heavy (non-hydrogen) atoms. The molecule has 1 aromatic heterocycles. The average Bonchev–Trinajstić information content (AvgIpc) is 2.94. The van der Waals surface area contributed by atoms with E-state index in [-0.39, 0.29) is 44.4 Å². The molecular weight excluding hydrogens is 526 g/mol. The zero-order chi connectivity index (χ0) is 29.4. The van der Waals surface area contributed by atoms with E-state index in [0.717, 1.165) is 34.8 Å². The zero-order valence-corrected chi connectivity index (χ0v) is 23.2. The molecule has 13 nitrogen and oxygen atoms in total. The molecule has 3 rings (SSSR count). The molecule has 2 aliphatic rings. The van der Waals surface area contributed by atoms with Crippen molar-refractivity contribution in [2.75, 3.05) is 19.8 Å². The van der Waals surface area contributed by atoms with Gasteiger partial charge in [-0.15, -0.1) is 0 Å². The summed E-state index contributed by atoms with van der Waals surface area (Å²) >= 11 is 0. The van der Waals surface area contributed by atoms with Gasteiger partial charge in [-0.05, 0) is 39.5 Å². The van der Waals surface area contributed by atoms with Crippen molar-refractivity contribution in [2.45, 2.75) is 84.8 Å². The van der Waals surface area contributed by atoms with E-state index in [4.69, 9.17) is 9.47 Å². The van der Waals surface area contributed by atoms with Gasteiger partial charge in [-0.25, -0.2) is 28.1 Å². The van der Waals surface area contributed by atoms with Crippen molar-refractivity contribution in [3.8, 4) is 0 Å². The van der Waals surface area contributed by atoms with Crippen LogP contribution in [0.1, 0.15) is 65.2 Å². The Labute approximate surface area is 231 Å². The van der Waals surface area contributed by atoms with Crippen LogP contribution in [-0.2, 0) is 48.3 Å². The molecule has 1 N–H and O–H groups in total. The number of carbonyl (C=O) groups excluding carboxylic acids is 4. The number of hydrogen-bond acceptors (Lipinski definition) is 10. The van der Waals surface area contributed by atoms with Crippen molar-refractivity contribution >= 4 is 23.5 Å². The van der Waals surface area contributed by atoms with Crippen LogP contribution < -0.4 is 17.1 Å². The number of Topliss-reactive ketones (excluding diaryl/α,β-unsaturated/α-hetero) is 2. The lowest BCUT2D eigenvalue weighted by Gasteiger charge is -2.28. The maximum Gasteiger partial charge on any atom is 0.336 e. The molecule has 0 spiro atoms. The fourth-order valence-electron chi connectivity index (χ4n) is 5.84. The van der Waals surface area contributed by atoms with Gasteiger partial charge in [0.05, 0.1) is 38.1 Å². The summed E-state index contributed by atoms with van der Waals surface area (Å²) in [6.07, 6.45) is 5.53. The van der Waals surface area contributed by atoms with E-state index in [9.17, 15) is 38.7 Å². The van der Waals surface area contributed by atoms with Crippen molar-refractivity contribution in [1.29, 1.82) is 0 Å². The number of nitrogens with zero attached hydrogens (tertiary/aromatic N) is 3. The molecule has 1 heterocycles. The quantitative estimate of drug-likeness (QED) is 0.341. The fraction of sp³-hybridized carbons (Fsp3) is 0.741. The van der Waals surface area contributed by atoms with Crippen molar-refractivity contribution in [2.24, 2.45) is 23.7 Å². The molecular formula is C27H39N3O10. The van der Waals surface area contributed by atoms with Crippen LogP contribution in [0, 0.1) is 23.7 Å². The number of esters is 2. The first-order valence-electron chi connectivity index (χ1n) is 14.0. The highest BCUT2D eigenvalue weighted by Crippen LogP contribution is 2.32. The summed E-state index contributed by atoms with van der Waals surface area (Å²) in [5.41, 5.74) is -2.92. The number of carbonyl (C=O) groups is 4. The zero-order valence-electron chi connectivity index (χ0n) is 23.2. The average molecular weight is 566 g/mol. The molecule has 0 amide bonds. The van der Waals surface area contributed by atoms with Crippen LogP contribution >= 0.6 is 0 Å². The Morgan fingerprint density at radius 1 is 0.625 bits per heavy atom. The molecule has 0 bridgehead atoms. The maximum absolute atomic E-state index is 13.1. The first-order valence-corrected chi connectivity index (χ1v) is 14.0. The van der Waals surface area contributed by atoms with Gasteiger partial charge >= 0.3 is 29.0 Å². The third-order valence-electron chi connectivity index (χ3n) is 8.01. The van der Waals surface area contributed by atoms with Gasteiger partial charge in [0.25, 0.3) is 0 Å². The Morgan fingerprint density at radius 2 is 0.950 bits per heavy atom. The SMILES string of the molecule is CC(=O)C1CCCCC1C(=O)OCCn1c(=O)n(CCO)c(=O)n(CCOC(=O)C2CCCCC2C(C)=O)c1=O. The van der Waals surface area contributed by atoms with Crippen LogP contribution in [0.3, 0.4) is 0 Å². The lowest BCUT2D eigenvalue weighted by molar-refractivity contribution is -0.154. The highest BCUT2D eigenvalue weighted by molar-refractivity contribution is 5.86. The lowest BCUT2D eigenvalue weighted by Crippen LogP contribution is -2.55. The summed E-state index contributed by atoms with van der Waals surface area (Å²) in [4.78, 5) is 88.0. The molecule has 2 aliphatic carbocycles. The summed E-state index contributed by atoms with van der Waals surface area (Å²) < 4.78 is 12.8. The summed E-state index contributed by atoms with van der Waals surface area (Å²) in [6, 6.07) is 0. The third kappa shape index (κ3) is 7.23. The van der Waals surface area contributed by atoms with E-state index in [1.54, 1.807) is 0 Å². The minimum Gasteiger partial charge on any atom is -0.464 e. The van der Waals surface area contributed by atoms with Gasteiger partial charge in [0.15, 0.2) is 0 Å². The number of hydrogen-bond donors (Lipinski definition) is 1. The standard InChI is InChI=1S/C27H39N3O10/c1-17(32)19-7-3-5-9-21(19)23(34)39-15-12-29-25(36)28(11-14-31)26(37)30(27(29)38)13-16-40-24(35)22-10-6-4-8-20(22)18(2)33/h19-22,31H,3-16H2,1-2H3. The molecule has 222 valence electrons. The predicted molar refractivity (Wildman–Crippen MR) is 140 cm³/mol. The number of aromatic nitrogens is 3. The van der Waals surface area contributed by atoms with Crippen molar-refractivity contribution in [3.05, 3.63) is 31.5 Å². The molecule has 2 saturated carbocycles. The number of ketones is 2. The third-order valence-corrected chi connectivity index (χ3v) is 8.01. The van der Waals surface area contributed by atoms with E-state index in [1.165, 1.54) is 13.8 Å². The Balaban J connectivity index is 1.72. The molecule has 2 fully saturated rings. The predicted octanol–water partition coefficient (Wildman–Crippen LogP) is 0.0412. The van der Waals surface area contributed by atoms with E-state index in [0.29, 0.717) is 30.3 Å². The Bertz CT molecular complexity index is 1190. The van der Waals surface area contributed by atoms with Gasteiger partial charge in [-0.2, -0.15) is 0 Å². The molecule has 0 aromatic carbocycles. The van der Waals surface area contributed by atoms with E-state index < -0.39 is 59.3 Å². The molecule has 4 atom stereocenters. The van der Waals surface area contributed by atoms with Gasteiger partial charge in [0, 0.05) is 11.8 Å². The van der Waals surface area contributed by atoms with Gasteiger partial charge in [-0.3, -0.25) is 19.2 Å². The minimum atomic E-state index is -0.977. The van der Waals surface area contributed by atoms with E-state index >= 15 is 0 Å². The van der Waals surface area contributed by atoms with Gasteiger partial charge in [-0.1, -0.05) is 25.7 Å². The Kier molecular flexibility index (Phi) is 11.2. The number of aliphatic hydroxyl groups excluding tert-OH is 1. The number of rotatable bonds is 12. The largest absolute Gasteiger partial charge is 0.464 e. The van der Waals surface area contributed by atoms with E-state index in [2.05, 4.69) is 0 Å². The molecule has 4 unspecified atom stereocenters. The van der Waals surface area contributed by atoms with Crippen LogP contribution in [0.2, 0.25) is 0 Å². The second-order valence-electron chi connectivity index (χ2n) is 10.6. The summed E-state index contributed by atoms with van der Waals surface area (Å²) in [6.45, 7) is 0.587. The fourth-order valence-corrected chi connectivity index (χ4v) is 5.84. The topological polar surface area (TPSA) is 173 Å². The van der Waals surface area contributed by atoms with Crippen molar-refractivity contribution in [3.63, 3.8) is 0 Å². The molecule has 13 heteroatoms. The van der Waals surface area contributed by atoms with Crippen LogP contribution in [-0.4, -0.2) is 62.1 Å². The number of ether oxygens (including phenoxy) is 2. The molecule has 0 radical (unpaired) electrons. The van der Waals surface area contributed by atoms with Crippen molar-refractivity contribution < 1.29 is 33.8 Å². The van der Waals surface area contributed by atoms with Gasteiger partial charge < -0.3 is 14.6 Å². The summed E-state index contributed by atoms with van der Waals surface area (Å²) in [5, 5.41) is 9.36. The molecule has 1 aromatic rings. The summed E-state index contributed by atoms with van der Waals surface area (Å²) in [7, 11) is 0. The lowest BCUT2D eigenvalue weighted by atomic mass is 9.77. The van der Waals surface area contributed by atoms with Gasteiger partial charge in [0.2, 0.25) is 0 Å². The van der Waals surface area contributed by atoms with Crippen LogP contribution in [0.5, 0.6) is 0 Å². The second kappa shape index (κ2) is 14.3. The maximum atomic E-state index is 13.1. The summed E-state index contributed by atoms with van der Waals surface area (Å²) in [5.74, 6) is -3.32. The van der Waals surface area contributed by atoms with Crippen LogP contribution in [0.15, 0.2) is 14.4 Å². The Morgan fingerprint density at radius 3 is 1.27 bits per heavy atom.